The summed E-state index contributed by atoms with van der Waals surface area (Å²) in [6.07, 6.45) is 4.99. The van der Waals surface area contributed by atoms with Crippen molar-refractivity contribution in [2.75, 3.05) is 24.5 Å². The number of amides is 1. The summed E-state index contributed by atoms with van der Waals surface area (Å²) in [4.78, 5) is 31.9. The van der Waals surface area contributed by atoms with Crippen LogP contribution in [0.15, 0.2) is 18.6 Å². The molecule has 0 saturated carbocycles. The Bertz CT molecular complexity index is 510. The van der Waals surface area contributed by atoms with Crippen molar-refractivity contribution in [3.05, 3.63) is 18.6 Å². The number of carboxylic acid groups (broad SMARTS) is 1. The fourth-order valence-electron chi connectivity index (χ4n) is 2.22. The molecule has 1 amide bonds. The fourth-order valence-corrected chi connectivity index (χ4v) is 2.22. The van der Waals surface area contributed by atoms with Crippen LogP contribution in [-0.2, 0) is 9.59 Å². The Balaban J connectivity index is 1.81. The molecule has 8 heteroatoms. The topological polar surface area (TPSA) is 116 Å². The van der Waals surface area contributed by atoms with Gasteiger partial charge in [0.2, 0.25) is 5.91 Å². The van der Waals surface area contributed by atoms with E-state index in [2.05, 4.69) is 15.3 Å². The number of hydrogen-bond acceptors (Lipinski definition) is 6. The molecule has 21 heavy (non-hydrogen) atoms. The first-order valence-corrected chi connectivity index (χ1v) is 6.70. The van der Waals surface area contributed by atoms with E-state index in [4.69, 9.17) is 5.11 Å². The Morgan fingerprint density at radius 1 is 1.38 bits per heavy atom. The number of nitrogens with one attached hydrogen (secondary N) is 1. The van der Waals surface area contributed by atoms with Crippen LogP contribution in [0.2, 0.25) is 0 Å². The van der Waals surface area contributed by atoms with Crippen molar-refractivity contribution in [3.8, 4) is 0 Å². The van der Waals surface area contributed by atoms with Crippen LogP contribution in [0.25, 0.3) is 0 Å². The van der Waals surface area contributed by atoms with Gasteiger partial charge in [0, 0.05) is 38.4 Å². The summed E-state index contributed by atoms with van der Waals surface area (Å²) in [5.41, 5.74) is -1.03. The summed E-state index contributed by atoms with van der Waals surface area (Å²) in [6, 6.07) is 0. The second-order valence-corrected chi connectivity index (χ2v) is 5.13. The van der Waals surface area contributed by atoms with Gasteiger partial charge in [-0.2, -0.15) is 0 Å². The highest BCUT2D eigenvalue weighted by atomic mass is 16.4. The molecular weight excluding hydrogens is 276 g/mol. The third kappa shape index (κ3) is 4.38. The predicted octanol–water partition coefficient (Wildman–Crippen LogP) is -0.601. The molecule has 1 atom stereocenters. The third-order valence-electron chi connectivity index (χ3n) is 3.39. The average molecular weight is 294 g/mol. The molecule has 0 spiro atoms. The van der Waals surface area contributed by atoms with E-state index in [1.165, 1.54) is 0 Å². The lowest BCUT2D eigenvalue weighted by molar-refractivity contribution is -0.138. The minimum Gasteiger partial charge on any atom is -0.481 e. The van der Waals surface area contributed by atoms with Crippen molar-refractivity contribution in [1.29, 1.82) is 0 Å². The molecule has 1 fully saturated rings. The molecule has 3 N–H and O–H groups in total. The molecule has 1 aromatic heterocycles. The number of rotatable bonds is 6. The predicted molar refractivity (Wildman–Crippen MR) is 73.7 cm³/mol. The van der Waals surface area contributed by atoms with Crippen molar-refractivity contribution in [2.24, 2.45) is 0 Å². The number of anilines is 1. The first-order chi connectivity index (χ1) is 9.98. The molecule has 2 rings (SSSR count). The van der Waals surface area contributed by atoms with Crippen LogP contribution in [0, 0.1) is 0 Å². The number of carbonyl (C=O) groups excluding carboxylic acids is 1. The Morgan fingerprint density at radius 3 is 2.86 bits per heavy atom. The van der Waals surface area contributed by atoms with Crippen molar-refractivity contribution >= 4 is 17.7 Å². The van der Waals surface area contributed by atoms with Gasteiger partial charge in [0.25, 0.3) is 0 Å². The third-order valence-corrected chi connectivity index (χ3v) is 3.39. The van der Waals surface area contributed by atoms with Crippen molar-refractivity contribution < 1.29 is 19.8 Å². The van der Waals surface area contributed by atoms with Crippen LogP contribution < -0.4 is 10.2 Å². The normalized spacial score (nSPS) is 21.3. The first kappa shape index (κ1) is 15.2. The standard InChI is InChI=1S/C13H18N4O4/c18-11(1-2-12(19)20)16-8-13(21)3-6-17(9-13)10-7-14-4-5-15-10/h4-5,7,21H,1-3,6,8-9H2,(H,16,18)(H,19,20)/t13-/m1/s1. The quantitative estimate of drug-likeness (QED) is 0.641. The van der Waals surface area contributed by atoms with Crippen molar-refractivity contribution in [2.45, 2.75) is 24.9 Å². The molecular formula is C13H18N4O4. The van der Waals surface area contributed by atoms with E-state index in [1.807, 2.05) is 4.90 Å². The summed E-state index contributed by atoms with van der Waals surface area (Å²) in [5.74, 6) is -0.701. The molecule has 0 bridgehead atoms. The van der Waals surface area contributed by atoms with Gasteiger partial charge in [-0.25, -0.2) is 4.98 Å². The number of hydrogen-bond donors (Lipinski definition) is 3. The number of nitrogens with zero attached hydrogens (tertiary/aromatic N) is 3. The largest absolute Gasteiger partial charge is 0.481 e. The molecule has 1 aliphatic heterocycles. The Hall–Kier alpha value is -2.22. The van der Waals surface area contributed by atoms with E-state index in [0.717, 1.165) is 0 Å². The summed E-state index contributed by atoms with van der Waals surface area (Å²) in [5, 5.41) is 21.5. The number of aliphatic carboxylic acids is 1. The van der Waals surface area contributed by atoms with Crippen LogP contribution in [0.3, 0.4) is 0 Å². The summed E-state index contributed by atoms with van der Waals surface area (Å²) < 4.78 is 0. The van der Waals surface area contributed by atoms with Gasteiger partial charge in [0.05, 0.1) is 12.6 Å². The number of aromatic nitrogens is 2. The molecule has 114 valence electrons. The number of carbonyl (C=O) groups is 2. The van der Waals surface area contributed by atoms with E-state index in [9.17, 15) is 14.7 Å². The summed E-state index contributed by atoms with van der Waals surface area (Å²) >= 11 is 0. The van der Waals surface area contributed by atoms with E-state index in [1.54, 1.807) is 18.6 Å². The molecule has 8 nitrogen and oxygen atoms in total. The van der Waals surface area contributed by atoms with Gasteiger partial charge in [-0.1, -0.05) is 0 Å². The van der Waals surface area contributed by atoms with E-state index >= 15 is 0 Å². The minimum atomic E-state index is -1.03. The smallest absolute Gasteiger partial charge is 0.303 e. The van der Waals surface area contributed by atoms with Crippen LogP contribution in [-0.4, -0.2) is 57.3 Å². The molecule has 1 aromatic rings. The fraction of sp³-hybridized carbons (Fsp3) is 0.538. The lowest BCUT2D eigenvalue weighted by atomic mass is 10.0. The second kappa shape index (κ2) is 6.49. The number of β-amino-alcohol motifs (C(OH)–C–C–N with tert-alkyl or cyclic N) is 1. The zero-order valence-electron chi connectivity index (χ0n) is 11.5. The Kier molecular flexibility index (Phi) is 4.69. The van der Waals surface area contributed by atoms with Gasteiger partial charge < -0.3 is 20.4 Å². The first-order valence-electron chi connectivity index (χ1n) is 6.70. The van der Waals surface area contributed by atoms with Gasteiger partial charge >= 0.3 is 5.97 Å². The highest BCUT2D eigenvalue weighted by molar-refractivity contribution is 5.80. The molecule has 1 saturated heterocycles. The summed E-state index contributed by atoms with van der Waals surface area (Å²) in [7, 11) is 0. The maximum atomic E-state index is 11.5. The monoisotopic (exact) mass is 294 g/mol. The Labute approximate surface area is 121 Å². The molecule has 0 aromatic carbocycles. The molecule has 2 heterocycles. The molecule has 0 unspecified atom stereocenters. The van der Waals surface area contributed by atoms with Gasteiger partial charge in [0.1, 0.15) is 11.4 Å². The van der Waals surface area contributed by atoms with Crippen molar-refractivity contribution in [1.82, 2.24) is 15.3 Å². The zero-order valence-corrected chi connectivity index (χ0v) is 11.5. The van der Waals surface area contributed by atoms with Crippen LogP contribution in [0.5, 0.6) is 0 Å². The van der Waals surface area contributed by atoms with Crippen molar-refractivity contribution in [3.63, 3.8) is 0 Å². The zero-order chi connectivity index (χ0) is 15.3. The second-order valence-electron chi connectivity index (χ2n) is 5.13. The maximum Gasteiger partial charge on any atom is 0.303 e. The molecule has 0 aliphatic carbocycles. The van der Waals surface area contributed by atoms with Gasteiger partial charge in [-0.3, -0.25) is 14.6 Å². The lowest BCUT2D eigenvalue weighted by Crippen LogP contribution is -2.45. The van der Waals surface area contributed by atoms with Gasteiger partial charge in [0.15, 0.2) is 0 Å². The van der Waals surface area contributed by atoms with E-state index < -0.39 is 11.6 Å². The highest BCUT2D eigenvalue weighted by Gasteiger charge is 2.36. The van der Waals surface area contributed by atoms with Crippen LogP contribution in [0.4, 0.5) is 5.82 Å². The van der Waals surface area contributed by atoms with Gasteiger partial charge in [-0.15, -0.1) is 0 Å². The summed E-state index contributed by atoms with van der Waals surface area (Å²) in [6.45, 7) is 1.08. The van der Waals surface area contributed by atoms with Crippen LogP contribution in [0.1, 0.15) is 19.3 Å². The van der Waals surface area contributed by atoms with Crippen LogP contribution >= 0.6 is 0 Å². The van der Waals surface area contributed by atoms with E-state index in [-0.39, 0.29) is 25.3 Å². The maximum absolute atomic E-state index is 11.5. The SMILES string of the molecule is O=C(O)CCC(=O)NC[C@]1(O)CCN(c2cnccn2)C1. The lowest BCUT2D eigenvalue weighted by Gasteiger charge is -2.24. The van der Waals surface area contributed by atoms with E-state index in [0.29, 0.717) is 25.3 Å². The molecule has 0 radical (unpaired) electrons. The highest BCUT2D eigenvalue weighted by Crippen LogP contribution is 2.24. The molecule has 1 aliphatic rings. The minimum absolute atomic E-state index is 0.0840. The number of aliphatic hydroxyl groups is 1. The van der Waals surface area contributed by atoms with Gasteiger partial charge in [-0.05, 0) is 6.42 Å². The Morgan fingerprint density at radius 2 is 2.19 bits per heavy atom. The number of carboxylic acids is 1. The average Bonchev–Trinajstić information content (AvgIpc) is 2.87.